The molecule has 1 aromatic carbocycles. The summed E-state index contributed by atoms with van der Waals surface area (Å²) >= 11 is 1.60. The van der Waals surface area contributed by atoms with Gasteiger partial charge >= 0.3 is 0 Å². The van der Waals surface area contributed by atoms with Crippen molar-refractivity contribution in [3.8, 4) is 5.82 Å². The predicted octanol–water partition coefficient (Wildman–Crippen LogP) is 3.53. The summed E-state index contributed by atoms with van der Waals surface area (Å²) in [6, 6.07) is 17.3. The zero-order valence-electron chi connectivity index (χ0n) is 17.0. The minimum atomic E-state index is -0.142. The van der Waals surface area contributed by atoms with Crippen molar-refractivity contribution in [1.29, 1.82) is 0 Å². The standard InChI is InChI=1S/C23H19N7OS/c31-23(26-12-17-6-5-10-25-22(17)30-16-24-15-27-30)19-7-1-2-8-20(19)32-14-18-13-29-11-4-3-9-21(29)28-18/h1-11,13,15-16H,12,14H2,(H,26,31). The number of rotatable bonds is 7. The van der Waals surface area contributed by atoms with Crippen LogP contribution in [0, 0.1) is 0 Å². The van der Waals surface area contributed by atoms with Crippen molar-refractivity contribution >= 4 is 23.3 Å². The van der Waals surface area contributed by atoms with Crippen molar-refractivity contribution < 1.29 is 4.79 Å². The average molecular weight is 442 g/mol. The zero-order valence-corrected chi connectivity index (χ0v) is 17.8. The lowest BCUT2D eigenvalue weighted by Gasteiger charge is -2.11. The van der Waals surface area contributed by atoms with Gasteiger partial charge in [0.25, 0.3) is 5.91 Å². The van der Waals surface area contributed by atoms with E-state index in [4.69, 9.17) is 0 Å². The molecule has 0 bridgehead atoms. The number of nitrogens with one attached hydrogen (secondary N) is 1. The number of thioether (sulfide) groups is 1. The van der Waals surface area contributed by atoms with Crippen LogP contribution in [0.1, 0.15) is 21.6 Å². The number of benzene rings is 1. The summed E-state index contributed by atoms with van der Waals surface area (Å²) < 4.78 is 3.58. The molecular formula is C23H19N7OS. The van der Waals surface area contributed by atoms with Gasteiger partial charge in [0.1, 0.15) is 18.3 Å². The van der Waals surface area contributed by atoms with E-state index in [-0.39, 0.29) is 5.91 Å². The van der Waals surface area contributed by atoms with Gasteiger partial charge in [0.05, 0.1) is 11.3 Å². The quantitative estimate of drug-likeness (QED) is 0.389. The highest BCUT2D eigenvalue weighted by Gasteiger charge is 2.14. The molecule has 4 aromatic heterocycles. The van der Waals surface area contributed by atoms with Crippen LogP contribution in [0.25, 0.3) is 11.5 Å². The van der Waals surface area contributed by atoms with Gasteiger partial charge in [0, 0.05) is 41.3 Å². The Balaban J connectivity index is 1.29. The van der Waals surface area contributed by atoms with Crippen molar-refractivity contribution in [2.45, 2.75) is 17.2 Å². The SMILES string of the molecule is O=C(NCc1cccnc1-n1cncn1)c1ccccc1SCc1cn2ccccc2n1. The second-order valence-corrected chi connectivity index (χ2v) is 8.01. The fraction of sp³-hybridized carbons (Fsp3) is 0.0870. The summed E-state index contributed by atoms with van der Waals surface area (Å²) in [6.07, 6.45) is 8.71. The average Bonchev–Trinajstić information content (AvgIpc) is 3.51. The molecule has 0 spiro atoms. The molecule has 0 radical (unpaired) electrons. The Bertz CT molecular complexity index is 1330. The number of hydrogen-bond donors (Lipinski definition) is 1. The monoisotopic (exact) mass is 441 g/mol. The van der Waals surface area contributed by atoms with Crippen molar-refractivity contribution in [3.05, 3.63) is 103 Å². The molecule has 0 fully saturated rings. The fourth-order valence-electron chi connectivity index (χ4n) is 3.35. The highest BCUT2D eigenvalue weighted by atomic mass is 32.2. The molecule has 0 saturated heterocycles. The number of nitrogens with zero attached hydrogens (tertiary/aromatic N) is 6. The van der Waals surface area contributed by atoms with Crippen LogP contribution >= 0.6 is 11.8 Å². The number of carbonyl (C=O) groups is 1. The first kappa shape index (κ1) is 20.0. The fourth-order valence-corrected chi connectivity index (χ4v) is 4.28. The minimum absolute atomic E-state index is 0.142. The Morgan fingerprint density at radius 2 is 1.97 bits per heavy atom. The van der Waals surface area contributed by atoms with E-state index >= 15 is 0 Å². The molecule has 0 aliphatic carbocycles. The Labute approximate surface area is 188 Å². The molecule has 0 unspecified atom stereocenters. The number of fused-ring (bicyclic) bond motifs is 1. The summed E-state index contributed by atoms with van der Waals surface area (Å²) in [4.78, 5) is 26.9. The topological polar surface area (TPSA) is 90.0 Å². The molecule has 1 N–H and O–H groups in total. The number of aromatic nitrogens is 6. The number of imidazole rings is 1. The largest absolute Gasteiger partial charge is 0.348 e. The van der Waals surface area contributed by atoms with Crippen molar-refractivity contribution in [2.24, 2.45) is 0 Å². The summed E-state index contributed by atoms with van der Waals surface area (Å²) in [5.41, 5.74) is 3.35. The second kappa shape index (κ2) is 9.03. The molecule has 32 heavy (non-hydrogen) atoms. The first-order valence-electron chi connectivity index (χ1n) is 9.99. The van der Waals surface area contributed by atoms with Gasteiger partial charge in [0.15, 0.2) is 5.82 Å². The van der Waals surface area contributed by atoms with Crippen molar-refractivity contribution in [2.75, 3.05) is 0 Å². The van der Waals surface area contributed by atoms with E-state index in [9.17, 15) is 4.79 Å². The molecule has 5 rings (SSSR count). The van der Waals surface area contributed by atoms with Gasteiger partial charge in [-0.2, -0.15) is 5.10 Å². The van der Waals surface area contributed by atoms with Crippen LogP contribution in [0.4, 0.5) is 0 Å². The molecule has 5 aromatic rings. The highest BCUT2D eigenvalue weighted by Crippen LogP contribution is 2.26. The molecule has 8 nitrogen and oxygen atoms in total. The molecule has 4 heterocycles. The molecule has 0 saturated carbocycles. The number of pyridine rings is 2. The summed E-state index contributed by atoms with van der Waals surface area (Å²) in [7, 11) is 0. The minimum Gasteiger partial charge on any atom is -0.348 e. The Hall–Kier alpha value is -3.98. The van der Waals surface area contributed by atoms with E-state index in [0.29, 0.717) is 23.7 Å². The molecule has 0 aliphatic rings. The summed E-state index contributed by atoms with van der Waals surface area (Å²) in [5.74, 6) is 1.17. The van der Waals surface area contributed by atoms with Crippen LogP contribution in [0.2, 0.25) is 0 Å². The maximum Gasteiger partial charge on any atom is 0.252 e. The third-order valence-corrected chi connectivity index (χ3v) is 5.97. The van der Waals surface area contributed by atoms with Gasteiger partial charge in [-0.1, -0.05) is 24.3 Å². The van der Waals surface area contributed by atoms with Gasteiger partial charge < -0.3 is 9.72 Å². The summed E-state index contributed by atoms with van der Waals surface area (Å²) in [6.45, 7) is 0.327. The van der Waals surface area contributed by atoms with Crippen LogP contribution in [-0.4, -0.2) is 35.0 Å². The van der Waals surface area contributed by atoms with Crippen LogP contribution in [0.3, 0.4) is 0 Å². The van der Waals surface area contributed by atoms with Crippen LogP contribution in [-0.2, 0) is 12.3 Å². The van der Waals surface area contributed by atoms with E-state index in [1.54, 1.807) is 29.0 Å². The lowest BCUT2D eigenvalue weighted by molar-refractivity contribution is 0.0948. The first-order chi connectivity index (χ1) is 15.8. The lowest BCUT2D eigenvalue weighted by Crippen LogP contribution is -2.24. The third kappa shape index (κ3) is 4.23. The Morgan fingerprint density at radius 1 is 1.06 bits per heavy atom. The molecule has 0 aliphatic heterocycles. The van der Waals surface area contributed by atoms with Crippen LogP contribution in [0.15, 0.2) is 90.7 Å². The molecule has 1 amide bonds. The van der Waals surface area contributed by atoms with E-state index in [2.05, 4.69) is 25.4 Å². The molecule has 9 heteroatoms. The van der Waals surface area contributed by atoms with E-state index in [0.717, 1.165) is 21.8 Å². The van der Waals surface area contributed by atoms with Gasteiger partial charge in [-0.05, 0) is 30.3 Å². The van der Waals surface area contributed by atoms with Gasteiger partial charge in [-0.3, -0.25) is 4.79 Å². The smallest absolute Gasteiger partial charge is 0.252 e. The molecule has 158 valence electrons. The predicted molar refractivity (Wildman–Crippen MR) is 122 cm³/mol. The zero-order chi connectivity index (χ0) is 21.8. The van der Waals surface area contributed by atoms with E-state index in [1.165, 1.54) is 6.33 Å². The number of amides is 1. The second-order valence-electron chi connectivity index (χ2n) is 6.99. The Kier molecular flexibility index (Phi) is 5.63. The maximum atomic E-state index is 13.0. The first-order valence-corrected chi connectivity index (χ1v) is 11.0. The van der Waals surface area contributed by atoms with Crippen molar-refractivity contribution in [1.82, 2.24) is 34.4 Å². The van der Waals surface area contributed by atoms with E-state index < -0.39 is 0 Å². The molecule has 0 atom stereocenters. The van der Waals surface area contributed by atoms with Crippen LogP contribution < -0.4 is 5.32 Å². The van der Waals surface area contributed by atoms with Gasteiger partial charge in [0.2, 0.25) is 0 Å². The highest BCUT2D eigenvalue weighted by molar-refractivity contribution is 7.98. The maximum absolute atomic E-state index is 13.0. The lowest BCUT2D eigenvalue weighted by atomic mass is 10.2. The van der Waals surface area contributed by atoms with Gasteiger partial charge in [-0.25, -0.2) is 19.6 Å². The Morgan fingerprint density at radius 3 is 2.84 bits per heavy atom. The van der Waals surface area contributed by atoms with Crippen molar-refractivity contribution in [3.63, 3.8) is 0 Å². The third-order valence-electron chi connectivity index (χ3n) is 4.86. The number of carbonyl (C=O) groups excluding carboxylic acids is 1. The number of hydrogen-bond acceptors (Lipinski definition) is 6. The van der Waals surface area contributed by atoms with Gasteiger partial charge in [-0.15, -0.1) is 11.8 Å². The van der Waals surface area contributed by atoms with Crippen LogP contribution in [0.5, 0.6) is 0 Å². The van der Waals surface area contributed by atoms with E-state index in [1.807, 2.05) is 71.4 Å². The molecular weight excluding hydrogens is 422 g/mol. The normalized spacial score (nSPS) is 11.0. The summed E-state index contributed by atoms with van der Waals surface area (Å²) in [5, 5.41) is 7.14.